The Kier molecular flexibility index (Phi) is 2.56. The normalized spacial score (nSPS) is 29.8. The van der Waals surface area contributed by atoms with Crippen molar-refractivity contribution < 1.29 is 24.5 Å². The minimum absolute atomic E-state index is 0.143. The summed E-state index contributed by atoms with van der Waals surface area (Å²) < 4.78 is 4.66. The summed E-state index contributed by atoms with van der Waals surface area (Å²) in [4.78, 5) is 21.6. The van der Waals surface area contributed by atoms with Crippen molar-refractivity contribution in [3.8, 4) is 0 Å². The molecule has 0 radical (unpaired) electrons. The van der Waals surface area contributed by atoms with E-state index in [1.165, 1.54) is 0 Å². The summed E-state index contributed by atoms with van der Waals surface area (Å²) in [5.41, 5.74) is 0. The summed E-state index contributed by atoms with van der Waals surface area (Å²) in [6.45, 7) is -0.431. The molecule has 0 heterocycles. The van der Waals surface area contributed by atoms with E-state index in [0.29, 0.717) is 0 Å². The Morgan fingerprint density at radius 3 is 2.58 bits per heavy atom. The lowest BCUT2D eigenvalue weighted by atomic mass is 10.2. The van der Waals surface area contributed by atoms with Crippen LogP contribution in [-0.2, 0) is 14.3 Å². The van der Waals surface area contributed by atoms with Crippen LogP contribution in [0.3, 0.4) is 0 Å². The van der Waals surface area contributed by atoms with Crippen LogP contribution in [0.5, 0.6) is 0 Å². The standard InChI is InChI=1S/C7H10O5/c8-1-2-12-7(11)4-5(9)3-6(7)10/h8,11H,1-4H2. The minimum Gasteiger partial charge on any atom is -0.394 e. The number of Topliss-reactive ketones (excluding diaryl/α,β-unsaturated/α-hetero) is 2. The lowest BCUT2D eigenvalue weighted by Crippen LogP contribution is -2.37. The molecule has 68 valence electrons. The monoisotopic (exact) mass is 174 g/mol. The second-order valence-electron chi connectivity index (χ2n) is 2.67. The van der Waals surface area contributed by atoms with Crippen molar-refractivity contribution >= 4 is 11.6 Å². The van der Waals surface area contributed by atoms with Gasteiger partial charge in [-0.2, -0.15) is 0 Å². The van der Waals surface area contributed by atoms with Gasteiger partial charge in [-0.3, -0.25) is 9.59 Å². The Balaban J connectivity index is 2.58. The van der Waals surface area contributed by atoms with E-state index >= 15 is 0 Å². The van der Waals surface area contributed by atoms with Gasteiger partial charge in [-0.15, -0.1) is 0 Å². The molecule has 2 N–H and O–H groups in total. The summed E-state index contributed by atoms with van der Waals surface area (Å²) in [7, 11) is 0. The van der Waals surface area contributed by atoms with Crippen molar-refractivity contribution in [2.24, 2.45) is 0 Å². The molecule has 1 fully saturated rings. The molecule has 1 aliphatic carbocycles. The molecule has 12 heavy (non-hydrogen) atoms. The van der Waals surface area contributed by atoms with Gasteiger partial charge in [0.05, 0.1) is 26.1 Å². The Labute approximate surface area is 68.9 Å². The molecule has 1 atom stereocenters. The smallest absolute Gasteiger partial charge is 0.234 e. The van der Waals surface area contributed by atoms with Crippen LogP contribution in [-0.4, -0.2) is 40.8 Å². The fourth-order valence-corrected chi connectivity index (χ4v) is 1.09. The lowest BCUT2D eigenvalue weighted by molar-refractivity contribution is -0.201. The molecular formula is C7H10O5. The van der Waals surface area contributed by atoms with E-state index in [1.54, 1.807) is 0 Å². The summed E-state index contributed by atoms with van der Waals surface area (Å²) in [6.07, 6.45) is -0.576. The van der Waals surface area contributed by atoms with Gasteiger partial charge in [0.1, 0.15) is 5.78 Å². The van der Waals surface area contributed by atoms with Gasteiger partial charge in [-0.1, -0.05) is 0 Å². The van der Waals surface area contributed by atoms with Gasteiger partial charge in [-0.05, 0) is 0 Å². The van der Waals surface area contributed by atoms with Gasteiger partial charge >= 0.3 is 0 Å². The maximum Gasteiger partial charge on any atom is 0.234 e. The molecule has 1 aliphatic rings. The first-order chi connectivity index (χ1) is 5.58. The third-order valence-corrected chi connectivity index (χ3v) is 1.66. The molecule has 0 saturated heterocycles. The van der Waals surface area contributed by atoms with Crippen molar-refractivity contribution in [1.29, 1.82) is 0 Å². The van der Waals surface area contributed by atoms with Gasteiger partial charge in [0, 0.05) is 0 Å². The second kappa shape index (κ2) is 3.30. The quantitative estimate of drug-likeness (QED) is 0.406. The predicted molar refractivity (Wildman–Crippen MR) is 37.2 cm³/mol. The molecule has 0 amide bonds. The Morgan fingerprint density at radius 2 is 2.17 bits per heavy atom. The Hall–Kier alpha value is -0.780. The second-order valence-corrected chi connectivity index (χ2v) is 2.67. The van der Waals surface area contributed by atoms with Gasteiger partial charge in [-0.25, -0.2) is 0 Å². The number of aliphatic hydroxyl groups is 2. The van der Waals surface area contributed by atoms with Crippen molar-refractivity contribution in [1.82, 2.24) is 0 Å². The molecular weight excluding hydrogens is 164 g/mol. The first kappa shape index (κ1) is 9.31. The zero-order valence-corrected chi connectivity index (χ0v) is 6.45. The molecule has 0 aromatic heterocycles. The molecule has 1 rings (SSSR count). The highest BCUT2D eigenvalue weighted by Gasteiger charge is 2.45. The van der Waals surface area contributed by atoms with Gasteiger partial charge in [0.15, 0.2) is 5.78 Å². The van der Waals surface area contributed by atoms with Gasteiger partial charge in [0.2, 0.25) is 5.79 Å². The minimum atomic E-state index is -1.97. The molecule has 5 nitrogen and oxygen atoms in total. The molecule has 5 heteroatoms. The highest BCUT2D eigenvalue weighted by atomic mass is 16.6. The van der Waals surface area contributed by atoms with Crippen LogP contribution in [0.1, 0.15) is 12.8 Å². The lowest BCUT2D eigenvalue weighted by Gasteiger charge is -2.18. The summed E-state index contributed by atoms with van der Waals surface area (Å²) in [5, 5.41) is 17.7. The number of hydrogen-bond acceptors (Lipinski definition) is 5. The molecule has 0 aliphatic heterocycles. The van der Waals surface area contributed by atoms with E-state index in [2.05, 4.69) is 4.74 Å². The van der Waals surface area contributed by atoms with E-state index < -0.39 is 11.6 Å². The fraction of sp³-hybridized carbons (Fsp3) is 0.714. The van der Waals surface area contributed by atoms with Crippen molar-refractivity contribution in [3.63, 3.8) is 0 Å². The molecule has 0 spiro atoms. The molecule has 0 bridgehead atoms. The van der Waals surface area contributed by atoms with Gasteiger partial charge in [0.25, 0.3) is 0 Å². The average molecular weight is 174 g/mol. The Bertz CT molecular complexity index is 212. The van der Waals surface area contributed by atoms with Crippen LogP contribution >= 0.6 is 0 Å². The largest absolute Gasteiger partial charge is 0.394 e. The third kappa shape index (κ3) is 1.69. The highest BCUT2D eigenvalue weighted by Crippen LogP contribution is 2.24. The molecule has 1 saturated carbocycles. The molecule has 1 unspecified atom stereocenters. The van der Waals surface area contributed by atoms with Crippen LogP contribution in [0.2, 0.25) is 0 Å². The van der Waals surface area contributed by atoms with Crippen LogP contribution in [0.4, 0.5) is 0 Å². The average Bonchev–Trinajstić information content (AvgIpc) is 2.23. The van der Waals surface area contributed by atoms with E-state index in [1.807, 2.05) is 0 Å². The topological polar surface area (TPSA) is 83.8 Å². The zero-order valence-electron chi connectivity index (χ0n) is 6.45. The van der Waals surface area contributed by atoms with Crippen LogP contribution in [0.25, 0.3) is 0 Å². The summed E-state index contributed by atoms with van der Waals surface area (Å²) in [6, 6.07) is 0. The first-order valence-corrected chi connectivity index (χ1v) is 3.61. The van der Waals surface area contributed by atoms with Crippen molar-refractivity contribution in [3.05, 3.63) is 0 Å². The fourth-order valence-electron chi connectivity index (χ4n) is 1.09. The first-order valence-electron chi connectivity index (χ1n) is 3.61. The van der Waals surface area contributed by atoms with E-state index in [9.17, 15) is 14.7 Å². The molecule has 0 aromatic carbocycles. The number of carbonyl (C=O) groups is 2. The number of aliphatic hydroxyl groups excluding tert-OH is 1. The summed E-state index contributed by atoms with van der Waals surface area (Å²) in [5.74, 6) is -2.93. The number of ketones is 2. The van der Waals surface area contributed by atoms with Crippen LogP contribution in [0, 0.1) is 0 Å². The third-order valence-electron chi connectivity index (χ3n) is 1.66. The number of hydrogen-bond donors (Lipinski definition) is 2. The van der Waals surface area contributed by atoms with E-state index in [4.69, 9.17) is 5.11 Å². The zero-order chi connectivity index (χ0) is 9.19. The van der Waals surface area contributed by atoms with Gasteiger partial charge < -0.3 is 14.9 Å². The predicted octanol–water partition coefficient (Wildman–Crippen LogP) is -1.38. The number of ether oxygens (including phenoxy) is 1. The maximum atomic E-state index is 10.9. The highest BCUT2D eigenvalue weighted by molar-refractivity contribution is 6.09. The number of rotatable bonds is 3. The SMILES string of the molecule is O=C1CC(=O)C(O)(OCCO)C1. The van der Waals surface area contributed by atoms with Crippen LogP contribution < -0.4 is 0 Å². The maximum absolute atomic E-state index is 10.9. The summed E-state index contributed by atoms with van der Waals surface area (Å²) >= 11 is 0. The van der Waals surface area contributed by atoms with Crippen molar-refractivity contribution in [2.75, 3.05) is 13.2 Å². The van der Waals surface area contributed by atoms with E-state index in [-0.39, 0.29) is 31.8 Å². The number of carbonyl (C=O) groups excluding carboxylic acids is 2. The Morgan fingerprint density at radius 1 is 1.50 bits per heavy atom. The van der Waals surface area contributed by atoms with Crippen molar-refractivity contribution in [2.45, 2.75) is 18.6 Å². The van der Waals surface area contributed by atoms with E-state index in [0.717, 1.165) is 0 Å². The molecule has 0 aromatic rings. The van der Waals surface area contributed by atoms with Crippen LogP contribution in [0.15, 0.2) is 0 Å².